The second-order valence-corrected chi connectivity index (χ2v) is 4.40. The molecule has 0 aliphatic rings. The minimum absolute atomic E-state index is 0.180. The van der Waals surface area contributed by atoms with Gasteiger partial charge < -0.3 is 4.74 Å². The summed E-state index contributed by atoms with van der Waals surface area (Å²) in [5.74, 6) is 0.111. The summed E-state index contributed by atoms with van der Waals surface area (Å²) in [4.78, 5) is 16.7. The Labute approximate surface area is 108 Å². The van der Waals surface area contributed by atoms with Gasteiger partial charge in [0.1, 0.15) is 0 Å². The first-order valence-electron chi connectivity index (χ1n) is 5.67. The zero-order valence-electron chi connectivity index (χ0n) is 10.2. The second-order valence-electron chi connectivity index (χ2n) is 3.48. The van der Waals surface area contributed by atoms with E-state index in [2.05, 4.69) is 20.5 Å². The van der Waals surface area contributed by atoms with E-state index in [9.17, 15) is 4.79 Å². The number of rotatable bonds is 5. The summed E-state index contributed by atoms with van der Waals surface area (Å²) in [5, 5.41) is 11.0. The molecule has 2 aromatic heterocycles. The van der Waals surface area contributed by atoms with Crippen LogP contribution in [-0.4, -0.2) is 27.7 Å². The summed E-state index contributed by atoms with van der Waals surface area (Å²) in [5.41, 5.74) is 1.03. The maximum absolute atomic E-state index is 12.0. The van der Waals surface area contributed by atoms with Crippen molar-refractivity contribution in [1.82, 2.24) is 15.2 Å². The zero-order chi connectivity index (χ0) is 13.0. The highest BCUT2D eigenvalue weighted by atomic mass is 32.1. The summed E-state index contributed by atoms with van der Waals surface area (Å²) < 4.78 is 5.10. The second kappa shape index (κ2) is 5.63. The predicted octanol–water partition coefficient (Wildman–Crippen LogP) is 2.08. The van der Waals surface area contributed by atoms with Crippen LogP contribution in [0.2, 0.25) is 0 Å². The van der Waals surface area contributed by atoms with Gasteiger partial charge in [-0.15, -0.1) is 16.4 Å². The summed E-state index contributed by atoms with van der Waals surface area (Å²) in [6.07, 6.45) is 0.826. The number of ether oxygens (including phenoxy) is 1. The number of anilines is 1. The quantitative estimate of drug-likeness (QED) is 0.868. The highest BCUT2D eigenvalue weighted by Gasteiger charge is 2.14. The van der Waals surface area contributed by atoms with E-state index in [0.717, 1.165) is 12.0 Å². The Bertz CT molecular complexity index is 535. The maximum Gasteiger partial charge on any atom is 0.337 e. The molecule has 1 amide bonds. The van der Waals surface area contributed by atoms with Crippen LogP contribution < -0.4 is 10.1 Å². The Balaban J connectivity index is 2.06. The fourth-order valence-electron chi connectivity index (χ4n) is 1.47. The van der Waals surface area contributed by atoms with Crippen molar-refractivity contribution in [3.63, 3.8) is 0 Å². The van der Waals surface area contributed by atoms with Crippen LogP contribution in [0.1, 0.15) is 29.1 Å². The number of nitrogens with one attached hydrogen (secondary N) is 2. The van der Waals surface area contributed by atoms with Crippen LogP contribution in [0, 0.1) is 0 Å². The smallest absolute Gasteiger partial charge is 0.337 e. The molecular formula is C11H14N4O2S. The predicted molar refractivity (Wildman–Crippen MR) is 69.2 cm³/mol. The van der Waals surface area contributed by atoms with Crippen LogP contribution in [0.15, 0.2) is 11.4 Å². The van der Waals surface area contributed by atoms with Gasteiger partial charge in [0.05, 0.1) is 11.5 Å². The van der Waals surface area contributed by atoms with Crippen molar-refractivity contribution < 1.29 is 9.53 Å². The van der Waals surface area contributed by atoms with Gasteiger partial charge in [-0.1, -0.05) is 6.92 Å². The van der Waals surface area contributed by atoms with Gasteiger partial charge in [-0.05, 0) is 30.4 Å². The number of amides is 1. The van der Waals surface area contributed by atoms with E-state index < -0.39 is 0 Å². The van der Waals surface area contributed by atoms with E-state index in [-0.39, 0.29) is 11.9 Å². The van der Waals surface area contributed by atoms with E-state index in [1.165, 1.54) is 11.3 Å². The number of aryl methyl sites for hydroxylation is 1. The van der Waals surface area contributed by atoms with Crippen LogP contribution >= 0.6 is 11.3 Å². The van der Waals surface area contributed by atoms with Crippen molar-refractivity contribution >= 4 is 23.2 Å². The third-order valence-electron chi connectivity index (χ3n) is 2.30. The van der Waals surface area contributed by atoms with Gasteiger partial charge in [0.2, 0.25) is 5.95 Å². The van der Waals surface area contributed by atoms with Crippen LogP contribution in [-0.2, 0) is 6.42 Å². The van der Waals surface area contributed by atoms with Crippen LogP contribution in [0.25, 0.3) is 0 Å². The Kier molecular flexibility index (Phi) is 3.93. The van der Waals surface area contributed by atoms with E-state index in [1.54, 1.807) is 0 Å². The number of carbonyl (C=O) groups is 1. The molecule has 0 spiro atoms. The monoisotopic (exact) mass is 266 g/mol. The van der Waals surface area contributed by atoms with Crippen LogP contribution in [0.5, 0.6) is 6.01 Å². The fourth-order valence-corrected chi connectivity index (χ4v) is 2.36. The van der Waals surface area contributed by atoms with Crippen molar-refractivity contribution in [3.8, 4) is 6.01 Å². The first-order chi connectivity index (χ1) is 8.74. The molecule has 0 aromatic carbocycles. The van der Waals surface area contributed by atoms with Crippen molar-refractivity contribution in [3.05, 3.63) is 21.9 Å². The molecule has 0 aliphatic heterocycles. The van der Waals surface area contributed by atoms with Crippen molar-refractivity contribution in [2.75, 3.05) is 11.9 Å². The van der Waals surface area contributed by atoms with Gasteiger partial charge in [0.15, 0.2) is 0 Å². The molecule has 2 heterocycles. The SMILES string of the molecule is CCOc1n[nH]c(NC(=O)c2sccc2CC)n1. The average Bonchev–Trinajstić information content (AvgIpc) is 2.98. The van der Waals surface area contributed by atoms with Gasteiger partial charge in [0.25, 0.3) is 5.91 Å². The van der Waals surface area contributed by atoms with Crippen molar-refractivity contribution in [1.29, 1.82) is 0 Å². The molecule has 0 bridgehead atoms. The molecule has 6 nitrogen and oxygen atoms in total. The molecular weight excluding hydrogens is 252 g/mol. The van der Waals surface area contributed by atoms with E-state index >= 15 is 0 Å². The van der Waals surface area contributed by atoms with E-state index in [1.807, 2.05) is 25.3 Å². The molecule has 2 N–H and O–H groups in total. The van der Waals surface area contributed by atoms with Gasteiger partial charge in [0, 0.05) is 0 Å². The van der Waals surface area contributed by atoms with E-state index in [0.29, 0.717) is 17.4 Å². The topological polar surface area (TPSA) is 79.9 Å². The number of hydrogen-bond acceptors (Lipinski definition) is 5. The van der Waals surface area contributed by atoms with Crippen molar-refractivity contribution in [2.45, 2.75) is 20.3 Å². The Morgan fingerprint density at radius 2 is 2.39 bits per heavy atom. The molecule has 0 radical (unpaired) electrons. The van der Waals surface area contributed by atoms with Gasteiger partial charge in [-0.3, -0.25) is 10.1 Å². The Hall–Kier alpha value is -1.89. The summed E-state index contributed by atoms with van der Waals surface area (Å²) in [7, 11) is 0. The normalized spacial score (nSPS) is 10.3. The number of thiophene rings is 1. The number of nitrogens with zero attached hydrogens (tertiary/aromatic N) is 2. The maximum atomic E-state index is 12.0. The Morgan fingerprint density at radius 1 is 1.56 bits per heavy atom. The van der Waals surface area contributed by atoms with Gasteiger partial charge >= 0.3 is 6.01 Å². The molecule has 2 rings (SSSR count). The first-order valence-corrected chi connectivity index (χ1v) is 6.55. The molecule has 0 saturated heterocycles. The molecule has 0 atom stereocenters. The molecule has 18 heavy (non-hydrogen) atoms. The number of aromatic amines is 1. The lowest BCUT2D eigenvalue weighted by atomic mass is 10.2. The molecule has 0 unspecified atom stereocenters. The number of carbonyl (C=O) groups excluding carboxylic acids is 1. The minimum Gasteiger partial charge on any atom is -0.463 e. The lowest BCUT2D eigenvalue weighted by Gasteiger charge is -2.00. The summed E-state index contributed by atoms with van der Waals surface area (Å²) in [6.45, 7) is 4.34. The third-order valence-corrected chi connectivity index (χ3v) is 3.26. The highest BCUT2D eigenvalue weighted by molar-refractivity contribution is 7.12. The van der Waals surface area contributed by atoms with Gasteiger partial charge in [-0.25, -0.2) is 5.10 Å². The minimum atomic E-state index is -0.180. The standard InChI is InChI=1S/C11H14N4O2S/c1-3-7-5-6-18-8(7)9(16)12-10-13-11(15-14-10)17-4-2/h5-6H,3-4H2,1-2H3,(H2,12,13,14,15,16). The van der Waals surface area contributed by atoms with Crippen LogP contribution in [0.4, 0.5) is 5.95 Å². The fraction of sp³-hybridized carbons (Fsp3) is 0.364. The molecule has 2 aromatic rings. The third kappa shape index (κ3) is 2.67. The first kappa shape index (κ1) is 12.6. The summed E-state index contributed by atoms with van der Waals surface area (Å²) in [6, 6.07) is 2.18. The Morgan fingerprint density at radius 3 is 3.11 bits per heavy atom. The average molecular weight is 266 g/mol. The molecule has 7 heteroatoms. The lowest BCUT2D eigenvalue weighted by molar-refractivity contribution is 0.102. The highest BCUT2D eigenvalue weighted by Crippen LogP contribution is 2.18. The number of hydrogen-bond donors (Lipinski definition) is 2. The number of H-pyrrole nitrogens is 1. The summed E-state index contributed by atoms with van der Waals surface area (Å²) >= 11 is 1.41. The molecule has 0 fully saturated rings. The van der Waals surface area contributed by atoms with Crippen LogP contribution in [0.3, 0.4) is 0 Å². The van der Waals surface area contributed by atoms with E-state index in [4.69, 9.17) is 4.74 Å². The lowest BCUT2D eigenvalue weighted by Crippen LogP contribution is -2.13. The van der Waals surface area contributed by atoms with Gasteiger partial charge in [-0.2, -0.15) is 4.98 Å². The molecule has 96 valence electrons. The largest absolute Gasteiger partial charge is 0.463 e. The molecule has 0 aliphatic carbocycles. The molecule has 0 saturated carbocycles. The number of aromatic nitrogens is 3. The van der Waals surface area contributed by atoms with Crippen molar-refractivity contribution in [2.24, 2.45) is 0 Å². The zero-order valence-corrected chi connectivity index (χ0v) is 11.0.